The number of hydrogen-bond donors (Lipinski definition) is 1. The molecule has 2 aromatic heterocycles. The number of benzene rings is 3. The van der Waals surface area contributed by atoms with Crippen molar-refractivity contribution < 1.29 is 8.42 Å². The number of nitrogens with one attached hydrogen (secondary N) is 1. The van der Waals surface area contributed by atoms with Crippen molar-refractivity contribution in [2.45, 2.75) is 42.6 Å². The van der Waals surface area contributed by atoms with Crippen molar-refractivity contribution in [2.75, 3.05) is 0 Å². The van der Waals surface area contributed by atoms with Crippen molar-refractivity contribution in [3.63, 3.8) is 0 Å². The van der Waals surface area contributed by atoms with Crippen LogP contribution in [0.2, 0.25) is 0 Å². The van der Waals surface area contributed by atoms with E-state index in [1.165, 1.54) is 11.1 Å². The topological polar surface area (TPSA) is 89.8 Å². The molecule has 0 aliphatic rings. The molecule has 0 saturated heterocycles. The third-order valence-corrected chi connectivity index (χ3v) is 8.58. The van der Waals surface area contributed by atoms with E-state index in [4.69, 9.17) is 0 Å². The van der Waals surface area contributed by atoms with E-state index in [0.29, 0.717) is 22.3 Å². The van der Waals surface area contributed by atoms with Gasteiger partial charge in [0.25, 0.3) is 0 Å². The molecule has 37 heavy (non-hydrogen) atoms. The normalized spacial score (nSPS) is 12.6. The quantitative estimate of drug-likeness (QED) is 0.257. The fourth-order valence-electron chi connectivity index (χ4n) is 4.18. The van der Waals surface area contributed by atoms with E-state index in [1.807, 2.05) is 54.0 Å². The molecule has 2 heterocycles. The third kappa shape index (κ3) is 5.44. The second-order valence-corrected chi connectivity index (χ2v) is 11.6. The highest BCUT2D eigenvalue weighted by Crippen LogP contribution is 2.29. The lowest BCUT2D eigenvalue weighted by Crippen LogP contribution is -2.29. The summed E-state index contributed by atoms with van der Waals surface area (Å²) in [5, 5.41) is 10.3. The van der Waals surface area contributed by atoms with Gasteiger partial charge in [-0.1, -0.05) is 77.5 Å². The molecule has 0 saturated carbocycles. The minimum absolute atomic E-state index is 0.132. The number of rotatable bonds is 8. The molecule has 5 aromatic rings. The molecule has 7 nitrogen and oxygen atoms in total. The smallest absolute Gasteiger partial charge is 0.243 e. The lowest BCUT2D eigenvalue weighted by atomic mass is 10.2. The van der Waals surface area contributed by atoms with Crippen molar-refractivity contribution in [1.29, 1.82) is 0 Å². The van der Waals surface area contributed by atoms with Gasteiger partial charge in [0.05, 0.1) is 11.6 Å². The van der Waals surface area contributed by atoms with Crippen LogP contribution in [0.5, 0.6) is 0 Å². The number of hydrogen-bond acceptors (Lipinski definition) is 6. The Morgan fingerprint density at radius 3 is 2.46 bits per heavy atom. The standard InChI is InChI=1S/C28H27N5O2S2/c1-19-12-14-24(15-13-19)33-27(30-31-28(33)36-18-22-8-4-7-20(2)17-22)21(3)32-37(34,35)25-11-5-9-23-10-6-16-29-26(23)25/h4-17,21,32H,18H2,1-3H3. The summed E-state index contributed by atoms with van der Waals surface area (Å²) in [6.07, 6.45) is 1.59. The van der Waals surface area contributed by atoms with Gasteiger partial charge in [-0.05, 0) is 50.6 Å². The van der Waals surface area contributed by atoms with Crippen molar-refractivity contribution in [1.82, 2.24) is 24.5 Å². The summed E-state index contributed by atoms with van der Waals surface area (Å²) < 4.78 is 31.6. The zero-order valence-electron chi connectivity index (χ0n) is 20.8. The third-order valence-electron chi connectivity index (χ3n) is 6.01. The highest BCUT2D eigenvalue weighted by atomic mass is 32.2. The van der Waals surface area contributed by atoms with Crippen LogP contribution in [0.3, 0.4) is 0 Å². The van der Waals surface area contributed by atoms with E-state index in [2.05, 4.69) is 45.0 Å². The maximum absolute atomic E-state index is 13.5. The molecule has 0 aliphatic heterocycles. The highest BCUT2D eigenvalue weighted by molar-refractivity contribution is 7.98. The van der Waals surface area contributed by atoms with E-state index in [0.717, 1.165) is 16.6 Å². The predicted octanol–water partition coefficient (Wildman–Crippen LogP) is 5.76. The van der Waals surface area contributed by atoms with E-state index >= 15 is 0 Å². The summed E-state index contributed by atoms with van der Waals surface area (Å²) in [6.45, 7) is 5.87. The van der Waals surface area contributed by atoms with Gasteiger partial charge in [0, 0.05) is 23.0 Å². The molecular formula is C28H27N5O2S2. The molecule has 1 unspecified atom stereocenters. The Balaban J connectivity index is 1.49. The lowest BCUT2D eigenvalue weighted by molar-refractivity contribution is 0.556. The van der Waals surface area contributed by atoms with Crippen molar-refractivity contribution in [3.8, 4) is 5.69 Å². The van der Waals surface area contributed by atoms with Crippen molar-refractivity contribution in [2.24, 2.45) is 0 Å². The molecule has 3 aromatic carbocycles. The number of aryl methyl sites for hydroxylation is 2. The van der Waals surface area contributed by atoms with E-state index in [9.17, 15) is 8.42 Å². The molecule has 0 aliphatic carbocycles. The number of thioether (sulfide) groups is 1. The number of fused-ring (bicyclic) bond motifs is 1. The Morgan fingerprint density at radius 1 is 0.919 bits per heavy atom. The van der Waals surface area contributed by atoms with Crippen LogP contribution in [0.25, 0.3) is 16.6 Å². The van der Waals surface area contributed by atoms with Crippen LogP contribution in [-0.4, -0.2) is 28.2 Å². The Kier molecular flexibility index (Phi) is 7.10. The largest absolute Gasteiger partial charge is 0.273 e. The number of nitrogens with zero attached hydrogens (tertiary/aromatic N) is 4. The SMILES string of the molecule is Cc1ccc(-n2c(SCc3cccc(C)c3)nnc2C(C)NS(=O)(=O)c2cccc3cccnc23)cc1. The first-order valence-corrected chi connectivity index (χ1v) is 14.4. The molecule has 9 heteroatoms. The minimum Gasteiger partial charge on any atom is -0.273 e. The number of aromatic nitrogens is 4. The number of para-hydroxylation sites is 1. The first-order valence-electron chi connectivity index (χ1n) is 11.9. The molecule has 5 rings (SSSR count). The molecule has 188 valence electrons. The van der Waals surface area contributed by atoms with Gasteiger partial charge in [-0.3, -0.25) is 9.55 Å². The van der Waals surface area contributed by atoms with Crippen molar-refractivity contribution in [3.05, 3.63) is 108 Å². The van der Waals surface area contributed by atoms with Crippen LogP contribution in [0, 0.1) is 13.8 Å². The van der Waals surface area contributed by atoms with Gasteiger partial charge < -0.3 is 0 Å². The minimum atomic E-state index is -3.89. The fourth-order valence-corrected chi connectivity index (χ4v) is 6.47. The Hall–Kier alpha value is -3.53. The van der Waals surface area contributed by atoms with Crippen LogP contribution in [0.15, 0.2) is 95.1 Å². The van der Waals surface area contributed by atoms with Crippen LogP contribution >= 0.6 is 11.8 Å². The van der Waals surface area contributed by atoms with Crippen LogP contribution in [0.4, 0.5) is 0 Å². The van der Waals surface area contributed by atoms with Crippen LogP contribution < -0.4 is 4.72 Å². The van der Waals surface area contributed by atoms with Crippen LogP contribution in [0.1, 0.15) is 35.5 Å². The van der Waals surface area contributed by atoms with Crippen molar-refractivity contribution >= 4 is 32.7 Å². The van der Waals surface area contributed by atoms with Gasteiger partial charge >= 0.3 is 0 Å². The zero-order valence-corrected chi connectivity index (χ0v) is 22.4. The summed E-state index contributed by atoms with van der Waals surface area (Å²) in [5.74, 6) is 1.22. The molecule has 1 N–H and O–H groups in total. The molecule has 0 fully saturated rings. The van der Waals surface area contributed by atoms with Gasteiger partial charge in [0.1, 0.15) is 4.90 Å². The molecule has 1 atom stereocenters. The maximum Gasteiger partial charge on any atom is 0.243 e. The number of sulfonamides is 1. The zero-order chi connectivity index (χ0) is 26.0. The van der Waals surface area contributed by atoms with Gasteiger partial charge in [0.15, 0.2) is 11.0 Å². The van der Waals surface area contributed by atoms with Gasteiger partial charge in [0.2, 0.25) is 10.0 Å². The molecule has 0 radical (unpaired) electrons. The molecular weight excluding hydrogens is 502 g/mol. The first kappa shape index (κ1) is 25.1. The van der Waals surface area contributed by atoms with Crippen LogP contribution in [-0.2, 0) is 15.8 Å². The van der Waals surface area contributed by atoms with E-state index < -0.39 is 16.1 Å². The summed E-state index contributed by atoms with van der Waals surface area (Å²) in [7, 11) is -3.89. The molecule has 0 amide bonds. The monoisotopic (exact) mass is 529 g/mol. The molecule has 0 spiro atoms. The molecule has 0 bridgehead atoms. The maximum atomic E-state index is 13.5. The summed E-state index contributed by atoms with van der Waals surface area (Å²) in [4.78, 5) is 4.44. The second kappa shape index (κ2) is 10.5. The average Bonchev–Trinajstić information content (AvgIpc) is 3.31. The highest BCUT2D eigenvalue weighted by Gasteiger charge is 2.26. The lowest BCUT2D eigenvalue weighted by Gasteiger charge is -2.17. The summed E-state index contributed by atoms with van der Waals surface area (Å²) in [5.41, 5.74) is 4.81. The Bertz CT molecular complexity index is 1660. The second-order valence-electron chi connectivity index (χ2n) is 8.96. The predicted molar refractivity (Wildman–Crippen MR) is 147 cm³/mol. The van der Waals surface area contributed by atoms with Gasteiger partial charge in [-0.15, -0.1) is 10.2 Å². The number of pyridine rings is 1. The Morgan fingerprint density at radius 2 is 1.68 bits per heavy atom. The summed E-state index contributed by atoms with van der Waals surface area (Å²) in [6, 6.07) is 24.5. The van der Waals surface area contributed by atoms with Gasteiger partial charge in [-0.25, -0.2) is 13.1 Å². The van der Waals surface area contributed by atoms with E-state index in [1.54, 1.807) is 43.1 Å². The Labute approximate surface area is 221 Å². The van der Waals surface area contributed by atoms with E-state index in [-0.39, 0.29) is 4.90 Å². The van der Waals surface area contributed by atoms with Gasteiger partial charge in [-0.2, -0.15) is 0 Å². The average molecular weight is 530 g/mol. The first-order chi connectivity index (χ1) is 17.8. The fraction of sp³-hybridized carbons (Fsp3) is 0.179. The summed E-state index contributed by atoms with van der Waals surface area (Å²) >= 11 is 1.56.